The first-order valence-electron chi connectivity index (χ1n) is 7.99. The molecule has 0 aromatic heterocycles. The van der Waals surface area contributed by atoms with Gasteiger partial charge < -0.3 is 15.4 Å². The largest absolute Gasteiger partial charge is 0.493 e. The molecule has 0 unspecified atom stereocenters. The van der Waals surface area contributed by atoms with Gasteiger partial charge in [0.05, 0.1) is 18.0 Å². The minimum atomic E-state index is -0.442. The zero-order valence-electron chi connectivity index (χ0n) is 14.0. The highest BCUT2D eigenvalue weighted by Gasteiger charge is 2.04. The Morgan fingerprint density at radius 3 is 2.40 bits per heavy atom. The molecule has 1 amide bonds. The SMILES string of the molecule is Cc1ccc(OCCC(=O)NCCNc2ccc([N+](=O)[O-])cc2)cc1. The number of rotatable bonds is 9. The lowest BCUT2D eigenvalue weighted by atomic mass is 10.2. The molecule has 25 heavy (non-hydrogen) atoms. The van der Waals surface area contributed by atoms with Crippen molar-refractivity contribution in [2.75, 3.05) is 25.0 Å². The summed E-state index contributed by atoms with van der Waals surface area (Å²) in [4.78, 5) is 21.8. The first-order valence-corrected chi connectivity index (χ1v) is 7.99. The molecule has 132 valence electrons. The van der Waals surface area contributed by atoms with E-state index in [1.54, 1.807) is 12.1 Å². The van der Waals surface area contributed by atoms with E-state index in [2.05, 4.69) is 10.6 Å². The van der Waals surface area contributed by atoms with Gasteiger partial charge in [0, 0.05) is 30.9 Å². The molecule has 0 spiro atoms. The number of nitro groups is 1. The number of anilines is 1. The summed E-state index contributed by atoms with van der Waals surface area (Å²) in [6.07, 6.45) is 0.283. The van der Waals surface area contributed by atoms with E-state index in [9.17, 15) is 14.9 Å². The van der Waals surface area contributed by atoms with Gasteiger partial charge in [-0.3, -0.25) is 14.9 Å². The third-order valence-corrected chi connectivity index (χ3v) is 3.47. The van der Waals surface area contributed by atoms with Gasteiger partial charge in [0.2, 0.25) is 5.91 Å². The fourth-order valence-corrected chi connectivity index (χ4v) is 2.09. The van der Waals surface area contributed by atoms with Crippen molar-refractivity contribution in [3.05, 3.63) is 64.2 Å². The molecular weight excluding hydrogens is 322 g/mol. The molecule has 7 heteroatoms. The first kappa shape index (κ1) is 18.3. The molecule has 0 atom stereocenters. The lowest BCUT2D eigenvalue weighted by molar-refractivity contribution is -0.384. The zero-order chi connectivity index (χ0) is 18.1. The second-order valence-electron chi connectivity index (χ2n) is 5.49. The van der Waals surface area contributed by atoms with E-state index < -0.39 is 4.92 Å². The fraction of sp³-hybridized carbons (Fsp3) is 0.278. The number of carbonyl (C=O) groups excluding carboxylic acids is 1. The van der Waals surface area contributed by atoms with E-state index in [-0.39, 0.29) is 18.0 Å². The molecule has 2 aromatic rings. The van der Waals surface area contributed by atoms with Gasteiger partial charge in [0.15, 0.2) is 0 Å². The van der Waals surface area contributed by atoms with E-state index in [0.29, 0.717) is 19.7 Å². The second kappa shape index (κ2) is 9.27. The average Bonchev–Trinajstić information content (AvgIpc) is 2.61. The van der Waals surface area contributed by atoms with Crippen LogP contribution in [0.2, 0.25) is 0 Å². The van der Waals surface area contributed by atoms with E-state index in [1.807, 2.05) is 31.2 Å². The maximum atomic E-state index is 11.7. The summed E-state index contributed by atoms with van der Waals surface area (Å²) in [6.45, 7) is 3.31. The number of nitro benzene ring substituents is 1. The van der Waals surface area contributed by atoms with Crippen LogP contribution in [0.1, 0.15) is 12.0 Å². The molecule has 0 saturated heterocycles. The number of hydrogen-bond donors (Lipinski definition) is 2. The number of amides is 1. The van der Waals surface area contributed by atoms with Crippen molar-refractivity contribution < 1.29 is 14.5 Å². The van der Waals surface area contributed by atoms with Crippen molar-refractivity contribution in [3.8, 4) is 5.75 Å². The van der Waals surface area contributed by atoms with Crippen LogP contribution in [0.5, 0.6) is 5.75 Å². The Balaban J connectivity index is 1.58. The van der Waals surface area contributed by atoms with E-state index in [4.69, 9.17) is 4.74 Å². The fourth-order valence-electron chi connectivity index (χ4n) is 2.09. The minimum Gasteiger partial charge on any atom is -0.493 e. The Morgan fingerprint density at radius 2 is 1.76 bits per heavy atom. The van der Waals surface area contributed by atoms with Gasteiger partial charge in [-0.25, -0.2) is 0 Å². The standard InChI is InChI=1S/C18H21N3O4/c1-14-2-8-17(9-3-14)25-13-10-18(22)20-12-11-19-15-4-6-16(7-5-15)21(23)24/h2-9,19H,10-13H2,1H3,(H,20,22). The second-order valence-corrected chi connectivity index (χ2v) is 5.49. The maximum absolute atomic E-state index is 11.7. The molecule has 0 aliphatic heterocycles. The number of aryl methyl sites for hydroxylation is 1. The smallest absolute Gasteiger partial charge is 0.269 e. The number of nitrogens with one attached hydrogen (secondary N) is 2. The normalized spacial score (nSPS) is 10.1. The van der Waals surface area contributed by atoms with Crippen LogP contribution in [0.25, 0.3) is 0 Å². The monoisotopic (exact) mass is 343 g/mol. The highest BCUT2D eigenvalue weighted by atomic mass is 16.6. The summed E-state index contributed by atoms with van der Waals surface area (Å²) < 4.78 is 5.51. The summed E-state index contributed by atoms with van der Waals surface area (Å²) >= 11 is 0. The Bertz CT molecular complexity index is 699. The minimum absolute atomic E-state index is 0.0485. The Labute approximate surface area is 146 Å². The molecule has 0 fully saturated rings. The molecule has 0 bridgehead atoms. The van der Waals surface area contributed by atoms with Crippen molar-refractivity contribution in [1.29, 1.82) is 0 Å². The summed E-state index contributed by atoms with van der Waals surface area (Å²) in [5, 5.41) is 16.4. The number of carbonyl (C=O) groups is 1. The average molecular weight is 343 g/mol. The van der Waals surface area contributed by atoms with Gasteiger partial charge in [0.1, 0.15) is 5.75 Å². The van der Waals surface area contributed by atoms with E-state index >= 15 is 0 Å². The third-order valence-electron chi connectivity index (χ3n) is 3.47. The molecule has 0 aliphatic carbocycles. The predicted octanol–water partition coefficient (Wildman–Crippen LogP) is 2.90. The van der Waals surface area contributed by atoms with Crippen LogP contribution in [0.4, 0.5) is 11.4 Å². The molecule has 0 saturated carbocycles. The number of benzene rings is 2. The van der Waals surface area contributed by atoms with Crippen LogP contribution in [0, 0.1) is 17.0 Å². The molecule has 0 radical (unpaired) electrons. The Morgan fingerprint density at radius 1 is 1.08 bits per heavy atom. The van der Waals surface area contributed by atoms with Crippen molar-refractivity contribution >= 4 is 17.3 Å². The van der Waals surface area contributed by atoms with Gasteiger partial charge in [-0.05, 0) is 31.2 Å². The maximum Gasteiger partial charge on any atom is 0.269 e. The Kier molecular flexibility index (Phi) is 6.76. The van der Waals surface area contributed by atoms with Gasteiger partial charge in [-0.1, -0.05) is 17.7 Å². The highest BCUT2D eigenvalue weighted by Crippen LogP contribution is 2.15. The molecule has 0 aliphatic rings. The predicted molar refractivity (Wildman–Crippen MR) is 95.9 cm³/mol. The Hall–Kier alpha value is -3.09. The molecule has 7 nitrogen and oxygen atoms in total. The number of nitrogens with zero attached hydrogens (tertiary/aromatic N) is 1. The molecule has 2 rings (SSSR count). The van der Waals surface area contributed by atoms with Crippen molar-refractivity contribution in [3.63, 3.8) is 0 Å². The number of hydrogen-bond acceptors (Lipinski definition) is 5. The van der Waals surface area contributed by atoms with Gasteiger partial charge in [-0.15, -0.1) is 0 Å². The van der Waals surface area contributed by atoms with Gasteiger partial charge in [-0.2, -0.15) is 0 Å². The third kappa shape index (κ3) is 6.50. The van der Waals surface area contributed by atoms with Crippen molar-refractivity contribution in [1.82, 2.24) is 5.32 Å². The van der Waals surface area contributed by atoms with Crippen LogP contribution >= 0.6 is 0 Å². The van der Waals surface area contributed by atoms with E-state index in [1.165, 1.54) is 12.1 Å². The molecule has 2 N–H and O–H groups in total. The summed E-state index contributed by atoms with van der Waals surface area (Å²) in [6, 6.07) is 13.8. The van der Waals surface area contributed by atoms with E-state index in [0.717, 1.165) is 17.0 Å². The lowest BCUT2D eigenvalue weighted by Crippen LogP contribution is -2.29. The molecule has 0 heterocycles. The number of non-ortho nitro benzene ring substituents is 1. The van der Waals surface area contributed by atoms with Crippen molar-refractivity contribution in [2.45, 2.75) is 13.3 Å². The van der Waals surface area contributed by atoms with Crippen LogP contribution in [-0.2, 0) is 4.79 Å². The quantitative estimate of drug-likeness (QED) is 0.415. The lowest BCUT2D eigenvalue weighted by Gasteiger charge is -2.09. The van der Waals surface area contributed by atoms with Crippen LogP contribution in [-0.4, -0.2) is 30.5 Å². The topological polar surface area (TPSA) is 93.5 Å². The van der Waals surface area contributed by atoms with Crippen LogP contribution in [0.15, 0.2) is 48.5 Å². The number of ether oxygens (including phenoxy) is 1. The zero-order valence-corrected chi connectivity index (χ0v) is 14.0. The van der Waals surface area contributed by atoms with Gasteiger partial charge in [0.25, 0.3) is 5.69 Å². The molecular formula is C18H21N3O4. The summed E-state index contributed by atoms with van der Waals surface area (Å²) in [7, 11) is 0. The molecule has 2 aromatic carbocycles. The van der Waals surface area contributed by atoms with Crippen molar-refractivity contribution in [2.24, 2.45) is 0 Å². The van der Waals surface area contributed by atoms with Crippen LogP contribution in [0.3, 0.4) is 0 Å². The van der Waals surface area contributed by atoms with Crippen LogP contribution < -0.4 is 15.4 Å². The summed E-state index contributed by atoms with van der Waals surface area (Å²) in [5.41, 5.74) is 1.97. The summed E-state index contributed by atoms with van der Waals surface area (Å²) in [5.74, 6) is 0.663. The first-order chi connectivity index (χ1) is 12.0. The highest BCUT2D eigenvalue weighted by molar-refractivity contribution is 5.76. The van der Waals surface area contributed by atoms with Gasteiger partial charge >= 0.3 is 0 Å².